The molecule has 2 atom stereocenters. The lowest BCUT2D eigenvalue weighted by Crippen LogP contribution is -2.49. The summed E-state index contributed by atoms with van der Waals surface area (Å²) in [5, 5.41) is 9.92. The molecule has 0 bridgehead atoms. The molecular formula is C16H23ClF3N3O2S. The average Bonchev–Trinajstić information content (AvgIpc) is 2.90. The zero-order chi connectivity index (χ0) is 20.0. The highest BCUT2D eigenvalue weighted by Gasteiger charge is 2.56. The molecule has 0 aliphatic carbocycles. The lowest BCUT2D eigenvalue weighted by Gasteiger charge is -2.33. The van der Waals surface area contributed by atoms with Crippen molar-refractivity contribution in [1.29, 1.82) is 0 Å². The Labute approximate surface area is 160 Å². The SMILES string of the molecule is CCC1(NSC(C)(C)C)COc2c1cc(C(O)(CN)C(F)(F)F)nc2Cl. The number of ether oxygens (including phenoxy) is 1. The number of fused-ring (bicyclic) bond motifs is 1. The normalized spacial score (nSPS) is 22.7. The van der Waals surface area contributed by atoms with Crippen molar-refractivity contribution >= 4 is 23.5 Å². The number of aromatic nitrogens is 1. The molecule has 0 saturated heterocycles. The number of pyridine rings is 1. The van der Waals surface area contributed by atoms with E-state index in [1.807, 2.05) is 27.7 Å². The molecule has 2 rings (SSSR count). The van der Waals surface area contributed by atoms with E-state index in [0.717, 1.165) is 0 Å². The fourth-order valence-corrected chi connectivity index (χ4v) is 3.61. The number of halogens is 4. The van der Waals surface area contributed by atoms with Crippen molar-refractivity contribution in [2.45, 2.75) is 56.2 Å². The lowest BCUT2D eigenvalue weighted by molar-refractivity contribution is -0.263. The van der Waals surface area contributed by atoms with Crippen molar-refractivity contribution in [1.82, 2.24) is 9.71 Å². The molecule has 1 aliphatic heterocycles. The zero-order valence-corrected chi connectivity index (χ0v) is 16.6. The third-order valence-corrected chi connectivity index (χ3v) is 5.62. The van der Waals surface area contributed by atoms with Gasteiger partial charge in [0.25, 0.3) is 0 Å². The molecule has 1 aromatic rings. The highest BCUT2D eigenvalue weighted by molar-refractivity contribution is 7.98. The number of nitrogens with two attached hydrogens (primary N) is 1. The zero-order valence-electron chi connectivity index (χ0n) is 15.0. The molecule has 26 heavy (non-hydrogen) atoms. The van der Waals surface area contributed by atoms with Crippen LogP contribution in [0.1, 0.15) is 45.4 Å². The van der Waals surface area contributed by atoms with E-state index in [0.29, 0.717) is 12.0 Å². The topological polar surface area (TPSA) is 80.4 Å². The van der Waals surface area contributed by atoms with Gasteiger partial charge in [0.1, 0.15) is 6.61 Å². The second-order valence-electron chi connectivity index (χ2n) is 7.28. The molecule has 5 nitrogen and oxygen atoms in total. The summed E-state index contributed by atoms with van der Waals surface area (Å²) in [6.07, 6.45) is -4.45. The molecule has 2 unspecified atom stereocenters. The van der Waals surface area contributed by atoms with E-state index in [1.165, 1.54) is 18.0 Å². The minimum atomic E-state index is -4.99. The minimum absolute atomic E-state index is 0.130. The Kier molecular flexibility index (Phi) is 5.82. The molecule has 4 N–H and O–H groups in total. The van der Waals surface area contributed by atoms with Crippen molar-refractivity contribution in [2.75, 3.05) is 13.2 Å². The predicted octanol–water partition coefficient (Wildman–Crippen LogP) is 3.48. The van der Waals surface area contributed by atoms with Crippen LogP contribution in [0.3, 0.4) is 0 Å². The van der Waals surface area contributed by atoms with E-state index in [4.69, 9.17) is 22.1 Å². The number of aliphatic hydroxyl groups is 1. The van der Waals surface area contributed by atoms with Crippen LogP contribution in [0, 0.1) is 0 Å². The second kappa shape index (κ2) is 7.01. The van der Waals surface area contributed by atoms with Crippen molar-refractivity contribution in [3.8, 4) is 5.75 Å². The summed E-state index contributed by atoms with van der Waals surface area (Å²) in [5.41, 5.74) is 0.988. The fourth-order valence-electron chi connectivity index (χ4n) is 2.55. The van der Waals surface area contributed by atoms with Gasteiger partial charge in [0.2, 0.25) is 5.60 Å². The first-order valence-corrected chi connectivity index (χ1v) is 9.28. The van der Waals surface area contributed by atoms with Crippen molar-refractivity contribution in [3.05, 3.63) is 22.5 Å². The Hall–Kier alpha value is -0.740. The van der Waals surface area contributed by atoms with Gasteiger partial charge in [-0.2, -0.15) is 13.2 Å². The average molecular weight is 414 g/mol. The Bertz CT molecular complexity index is 684. The van der Waals surface area contributed by atoms with Crippen LogP contribution in [0.15, 0.2) is 6.07 Å². The highest BCUT2D eigenvalue weighted by atomic mass is 35.5. The molecule has 10 heteroatoms. The molecule has 0 saturated carbocycles. The van der Waals surface area contributed by atoms with Gasteiger partial charge in [-0.25, -0.2) is 9.71 Å². The summed E-state index contributed by atoms with van der Waals surface area (Å²) in [6, 6.07) is 1.19. The molecule has 1 aliphatic rings. The number of hydrogen-bond acceptors (Lipinski definition) is 6. The summed E-state index contributed by atoms with van der Waals surface area (Å²) >= 11 is 7.52. The lowest BCUT2D eigenvalue weighted by atomic mass is 9.88. The smallest absolute Gasteiger partial charge is 0.424 e. The Morgan fingerprint density at radius 2 is 2.04 bits per heavy atom. The van der Waals surface area contributed by atoms with Crippen LogP contribution in [-0.2, 0) is 11.1 Å². The molecule has 0 fully saturated rings. The van der Waals surface area contributed by atoms with Crippen LogP contribution in [0.4, 0.5) is 13.2 Å². The van der Waals surface area contributed by atoms with Gasteiger partial charge in [-0.3, -0.25) is 0 Å². The summed E-state index contributed by atoms with van der Waals surface area (Å²) in [4.78, 5) is 3.72. The Morgan fingerprint density at radius 3 is 2.50 bits per heavy atom. The standard InChI is InChI=1S/C16H23ClF3N3O2S/c1-5-14(23-26-13(2,3)4)8-25-11-9(14)6-10(22-12(11)17)15(24,7-21)16(18,19)20/h6,23-24H,5,7-8,21H2,1-4H3. The highest BCUT2D eigenvalue weighted by Crippen LogP contribution is 2.47. The first-order chi connectivity index (χ1) is 11.8. The Morgan fingerprint density at radius 1 is 1.42 bits per heavy atom. The van der Waals surface area contributed by atoms with Crippen LogP contribution in [-0.4, -0.2) is 34.2 Å². The Balaban J connectivity index is 2.57. The van der Waals surface area contributed by atoms with Crippen LogP contribution in [0.2, 0.25) is 5.15 Å². The molecule has 1 aromatic heterocycles. The van der Waals surface area contributed by atoms with Gasteiger partial charge in [0, 0.05) is 16.9 Å². The maximum atomic E-state index is 13.4. The predicted molar refractivity (Wildman–Crippen MR) is 96.2 cm³/mol. The summed E-state index contributed by atoms with van der Waals surface area (Å²) in [5.74, 6) is 0.223. The van der Waals surface area contributed by atoms with Crippen molar-refractivity contribution in [2.24, 2.45) is 5.73 Å². The molecule has 2 heterocycles. The van der Waals surface area contributed by atoms with Crippen LogP contribution in [0.5, 0.6) is 5.75 Å². The number of alkyl halides is 3. The largest absolute Gasteiger partial charge is 0.488 e. The maximum Gasteiger partial charge on any atom is 0.424 e. The van der Waals surface area contributed by atoms with E-state index in [9.17, 15) is 18.3 Å². The summed E-state index contributed by atoms with van der Waals surface area (Å²) < 4.78 is 49.0. The number of nitrogens with zero attached hydrogens (tertiary/aromatic N) is 1. The third kappa shape index (κ3) is 3.77. The van der Waals surface area contributed by atoms with Gasteiger partial charge >= 0.3 is 6.18 Å². The third-order valence-electron chi connectivity index (χ3n) is 4.25. The minimum Gasteiger partial charge on any atom is -0.488 e. The van der Waals surface area contributed by atoms with Gasteiger partial charge in [0.05, 0.1) is 11.2 Å². The van der Waals surface area contributed by atoms with Gasteiger partial charge in [0.15, 0.2) is 10.9 Å². The van der Waals surface area contributed by atoms with E-state index < -0.39 is 29.6 Å². The first kappa shape index (κ1) is 21.6. The van der Waals surface area contributed by atoms with Gasteiger partial charge in [-0.05, 0) is 33.3 Å². The van der Waals surface area contributed by atoms with Gasteiger partial charge in [-0.1, -0.05) is 30.5 Å². The van der Waals surface area contributed by atoms with E-state index >= 15 is 0 Å². The van der Waals surface area contributed by atoms with Crippen molar-refractivity contribution < 1.29 is 23.0 Å². The molecule has 0 radical (unpaired) electrons. The number of hydrogen-bond donors (Lipinski definition) is 3. The molecular weight excluding hydrogens is 391 g/mol. The van der Waals surface area contributed by atoms with Gasteiger partial charge < -0.3 is 15.6 Å². The van der Waals surface area contributed by atoms with E-state index in [2.05, 4.69) is 9.71 Å². The fraction of sp³-hybridized carbons (Fsp3) is 0.688. The van der Waals surface area contributed by atoms with Crippen LogP contribution in [0.25, 0.3) is 0 Å². The van der Waals surface area contributed by atoms with Crippen LogP contribution < -0.4 is 15.2 Å². The number of rotatable bonds is 5. The van der Waals surface area contributed by atoms with E-state index in [1.54, 1.807) is 0 Å². The number of nitrogens with one attached hydrogen (secondary N) is 1. The summed E-state index contributed by atoms with van der Waals surface area (Å²) in [6.45, 7) is 7.04. The van der Waals surface area contributed by atoms with E-state index in [-0.39, 0.29) is 22.3 Å². The molecule has 148 valence electrons. The molecule has 0 amide bonds. The second-order valence-corrected chi connectivity index (χ2v) is 9.27. The van der Waals surface area contributed by atoms with Crippen LogP contribution >= 0.6 is 23.5 Å². The quantitative estimate of drug-likeness (QED) is 0.506. The molecule has 0 aromatic carbocycles. The van der Waals surface area contributed by atoms with Gasteiger partial charge in [-0.15, -0.1) is 0 Å². The maximum absolute atomic E-state index is 13.4. The monoisotopic (exact) mass is 413 g/mol. The van der Waals surface area contributed by atoms with Crippen molar-refractivity contribution in [3.63, 3.8) is 0 Å². The first-order valence-electron chi connectivity index (χ1n) is 8.08. The summed E-state index contributed by atoms with van der Waals surface area (Å²) in [7, 11) is 0. The molecule has 0 spiro atoms.